The molecule has 22 heavy (non-hydrogen) atoms. The highest BCUT2D eigenvalue weighted by Crippen LogP contribution is 2.22. The first kappa shape index (κ1) is 14.3. The molecule has 0 N–H and O–H groups in total. The normalized spacial score (nSPS) is 10.3. The van der Waals surface area contributed by atoms with Crippen LogP contribution in [0.3, 0.4) is 0 Å². The lowest BCUT2D eigenvalue weighted by Crippen LogP contribution is -2.03. The lowest BCUT2D eigenvalue weighted by molar-refractivity contribution is 0.603. The molecule has 3 aromatic rings. The van der Waals surface area contributed by atoms with Crippen molar-refractivity contribution in [2.75, 3.05) is 0 Å². The summed E-state index contributed by atoms with van der Waals surface area (Å²) in [5.74, 6) is 0.666. The molecule has 0 unspecified atom stereocenters. The number of aromatic nitrogens is 4. The predicted octanol–water partition coefficient (Wildman–Crippen LogP) is 2.89. The van der Waals surface area contributed by atoms with Crippen LogP contribution in [0.25, 0.3) is 0 Å². The van der Waals surface area contributed by atoms with E-state index in [-0.39, 0.29) is 0 Å². The van der Waals surface area contributed by atoms with Crippen molar-refractivity contribution in [2.45, 2.75) is 17.5 Å². The van der Waals surface area contributed by atoms with Crippen LogP contribution in [0.15, 0.2) is 59.8 Å². The third kappa shape index (κ3) is 3.32. The van der Waals surface area contributed by atoms with Gasteiger partial charge in [-0.3, -0.25) is 0 Å². The first-order valence-electron chi connectivity index (χ1n) is 6.77. The van der Waals surface area contributed by atoms with Gasteiger partial charge in [0.25, 0.3) is 0 Å². The van der Waals surface area contributed by atoms with Crippen LogP contribution >= 0.6 is 11.8 Å². The van der Waals surface area contributed by atoms with Crippen LogP contribution in [0, 0.1) is 11.3 Å². The molecule has 0 bridgehead atoms. The van der Waals surface area contributed by atoms with E-state index in [1.807, 2.05) is 54.6 Å². The minimum atomic E-state index is 0.635. The van der Waals surface area contributed by atoms with E-state index in [1.54, 1.807) is 4.68 Å². The maximum atomic E-state index is 9.12. The Labute approximate surface area is 132 Å². The average molecular weight is 307 g/mol. The Morgan fingerprint density at radius 1 is 1.05 bits per heavy atom. The average Bonchev–Trinajstić information content (AvgIpc) is 3.01. The summed E-state index contributed by atoms with van der Waals surface area (Å²) in [5.41, 5.74) is 2.83. The van der Waals surface area contributed by atoms with Gasteiger partial charge in [0.1, 0.15) is 0 Å². The van der Waals surface area contributed by atoms with Gasteiger partial charge < -0.3 is 0 Å². The number of rotatable bonds is 5. The highest BCUT2D eigenvalue weighted by molar-refractivity contribution is 7.98. The van der Waals surface area contributed by atoms with Crippen LogP contribution in [0.4, 0.5) is 0 Å². The molecule has 0 atom stereocenters. The van der Waals surface area contributed by atoms with Crippen LogP contribution in [-0.2, 0) is 12.3 Å². The van der Waals surface area contributed by atoms with E-state index in [9.17, 15) is 0 Å². The largest absolute Gasteiger partial charge is 0.216 e. The second-order valence-corrected chi connectivity index (χ2v) is 5.60. The SMILES string of the molecule is N#Cc1ccccc1CSc1nnnn1Cc1ccccc1. The Morgan fingerprint density at radius 3 is 2.64 bits per heavy atom. The molecule has 0 radical (unpaired) electrons. The van der Waals surface area contributed by atoms with Gasteiger partial charge in [0, 0.05) is 5.75 Å². The fourth-order valence-electron chi connectivity index (χ4n) is 2.05. The molecule has 1 heterocycles. The number of benzene rings is 2. The lowest BCUT2D eigenvalue weighted by Gasteiger charge is -2.05. The number of hydrogen-bond donors (Lipinski definition) is 0. The molecule has 6 heteroatoms. The van der Waals surface area contributed by atoms with E-state index in [2.05, 4.69) is 21.6 Å². The van der Waals surface area contributed by atoms with E-state index in [1.165, 1.54) is 11.8 Å². The molecular formula is C16H13N5S. The molecule has 108 valence electrons. The highest BCUT2D eigenvalue weighted by atomic mass is 32.2. The van der Waals surface area contributed by atoms with E-state index in [0.29, 0.717) is 17.9 Å². The molecule has 0 saturated carbocycles. The van der Waals surface area contributed by atoms with Crippen LogP contribution in [0.5, 0.6) is 0 Å². The summed E-state index contributed by atoms with van der Waals surface area (Å²) < 4.78 is 1.77. The van der Waals surface area contributed by atoms with Crippen molar-refractivity contribution in [1.82, 2.24) is 20.2 Å². The first-order chi connectivity index (χ1) is 10.9. The monoisotopic (exact) mass is 307 g/mol. The zero-order chi connectivity index (χ0) is 15.2. The summed E-state index contributed by atoms with van der Waals surface area (Å²) in [6.07, 6.45) is 0. The van der Waals surface area contributed by atoms with Crippen LogP contribution in [0.2, 0.25) is 0 Å². The van der Waals surface area contributed by atoms with E-state index < -0.39 is 0 Å². The second-order valence-electron chi connectivity index (χ2n) is 4.66. The van der Waals surface area contributed by atoms with Crippen molar-refractivity contribution in [1.29, 1.82) is 5.26 Å². The summed E-state index contributed by atoms with van der Waals surface area (Å²) in [5, 5.41) is 21.7. The topological polar surface area (TPSA) is 67.4 Å². The molecule has 3 rings (SSSR count). The van der Waals surface area contributed by atoms with Crippen molar-refractivity contribution in [3.63, 3.8) is 0 Å². The van der Waals surface area contributed by atoms with Gasteiger partial charge in [0.2, 0.25) is 5.16 Å². The summed E-state index contributed by atoms with van der Waals surface area (Å²) in [7, 11) is 0. The molecular weight excluding hydrogens is 294 g/mol. The number of thioether (sulfide) groups is 1. The zero-order valence-corrected chi connectivity index (χ0v) is 12.6. The predicted molar refractivity (Wildman–Crippen MR) is 84.1 cm³/mol. The minimum Gasteiger partial charge on any atom is -0.216 e. The minimum absolute atomic E-state index is 0.635. The van der Waals surface area contributed by atoms with Crippen molar-refractivity contribution in [2.24, 2.45) is 0 Å². The Bertz CT molecular complexity index is 792. The number of nitrogens with zero attached hydrogens (tertiary/aromatic N) is 5. The van der Waals surface area contributed by atoms with Gasteiger partial charge in [0.05, 0.1) is 18.2 Å². The van der Waals surface area contributed by atoms with Gasteiger partial charge in [-0.25, -0.2) is 4.68 Å². The Morgan fingerprint density at radius 2 is 1.82 bits per heavy atom. The molecule has 0 saturated heterocycles. The smallest absolute Gasteiger partial charge is 0.209 e. The maximum absolute atomic E-state index is 9.12. The maximum Gasteiger partial charge on any atom is 0.209 e. The molecule has 0 spiro atoms. The zero-order valence-electron chi connectivity index (χ0n) is 11.8. The van der Waals surface area contributed by atoms with Gasteiger partial charge in [-0.05, 0) is 27.6 Å². The molecule has 0 aliphatic carbocycles. The van der Waals surface area contributed by atoms with Crippen molar-refractivity contribution < 1.29 is 0 Å². The van der Waals surface area contributed by atoms with Gasteiger partial charge >= 0.3 is 0 Å². The third-order valence-corrected chi connectivity index (χ3v) is 4.17. The van der Waals surface area contributed by atoms with E-state index in [0.717, 1.165) is 16.3 Å². The van der Waals surface area contributed by atoms with E-state index >= 15 is 0 Å². The van der Waals surface area contributed by atoms with Gasteiger partial charge in [0.15, 0.2) is 0 Å². The van der Waals surface area contributed by atoms with Crippen LogP contribution < -0.4 is 0 Å². The first-order valence-corrected chi connectivity index (χ1v) is 7.76. The van der Waals surface area contributed by atoms with Crippen molar-refractivity contribution >= 4 is 11.8 Å². The molecule has 0 fully saturated rings. The Balaban J connectivity index is 1.72. The number of tetrazole rings is 1. The molecule has 2 aromatic carbocycles. The molecule has 5 nitrogen and oxygen atoms in total. The second kappa shape index (κ2) is 6.87. The quantitative estimate of drug-likeness (QED) is 0.678. The van der Waals surface area contributed by atoms with Gasteiger partial charge in [-0.1, -0.05) is 60.3 Å². The third-order valence-electron chi connectivity index (χ3n) is 3.17. The van der Waals surface area contributed by atoms with Crippen LogP contribution in [-0.4, -0.2) is 20.2 Å². The summed E-state index contributed by atoms with van der Waals surface area (Å²) in [6.45, 7) is 0.635. The lowest BCUT2D eigenvalue weighted by atomic mass is 10.1. The Kier molecular flexibility index (Phi) is 4.47. The fourth-order valence-corrected chi connectivity index (χ4v) is 2.93. The van der Waals surface area contributed by atoms with Gasteiger partial charge in [-0.15, -0.1) is 5.10 Å². The van der Waals surface area contributed by atoms with E-state index in [4.69, 9.17) is 5.26 Å². The molecule has 1 aromatic heterocycles. The number of hydrogen-bond acceptors (Lipinski definition) is 5. The molecule has 0 aliphatic rings. The van der Waals surface area contributed by atoms with Gasteiger partial charge in [-0.2, -0.15) is 5.26 Å². The summed E-state index contributed by atoms with van der Waals surface area (Å²) in [4.78, 5) is 0. The fraction of sp³-hybridized carbons (Fsp3) is 0.125. The number of nitriles is 1. The van der Waals surface area contributed by atoms with Crippen LogP contribution in [0.1, 0.15) is 16.7 Å². The summed E-state index contributed by atoms with van der Waals surface area (Å²) >= 11 is 1.53. The van der Waals surface area contributed by atoms with Crippen molar-refractivity contribution in [3.05, 3.63) is 71.3 Å². The molecule has 0 aliphatic heterocycles. The summed E-state index contributed by atoms with van der Waals surface area (Å²) in [6, 6.07) is 19.8. The Hall–Kier alpha value is -2.65. The standard InChI is InChI=1S/C16H13N5S/c17-10-14-8-4-5-9-15(14)12-22-16-18-19-20-21(16)11-13-6-2-1-3-7-13/h1-9H,11-12H2. The highest BCUT2D eigenvalue weighted by Gasteiger charge is 2.09. The van der Waals surface area contributed by atoms with Crippen molar-refractivity contribution in [3.8, 4) is 6.07 Å². The molecule has 0 amide bonds.